The minimum Gasteiger partial charge on any atom is -0.460 e. The maximum absolute atomic E-state index is 13.0. The van der Waals surface area contributed by atoms with Crippen LogP contribution >= 0.6 is 0 Å². The molecule has 0 spiro atoms. The lowest BCUT2D eigenvalue weighted by molar-refractivity contribution is -0.282. The van der Waals surface area contributed by atoms with Crippen molar-refractivity contribution in [1.82, 2.24) is 10.6 Å². The highest BCUT2D eigenvalue weighted by molar-refractivity contribution is 5.82. The van der Waals surface area contributed by atoms with Crippen LogP contribution in [0.2, 0.25) is 0 Å². The molecule has 42 heavy (non-hydrogen) atoms. The van der Waals surface area contributed by atoms with Gasteiger partial charge in [-0.3, -0.25) is 4.79 Å². The van der Waals surface area contributed by atoms with E-state index in [0.717, 1.165) is 22.3 Å². The molecule has 1 aliphatic carbocycles. The van der Waals surface area contributed by atoms with E-state index in [1.54, 1.807) is 0 Å². The van der Waals surface area contributed by atoms with E-state index in [0.29, 0.717) is 0 Å². The molecule has 12 heteroatoms. The Morgan fingerprint density at radius 3 is 2.21 bits per heavy atom. The Morgan fingerprint density at radius 1 is 1.02 bits per heavy atom. The summed E-state index contributed by atoms with van der Waals surface area (Å²) in [6.45, 7) is 5.38. The van der Waals surface area contributed by atoms with Crippen molar-refractivity contribution in [2.75, 3.05) is 19.8 Å². The first kappa shape index (κ1) is 31.1. The molecule has 5 N–H and O–H groups in total. The first-order valence-electron chi connectivity index (χ1n) is 13.6. The summed E-state index contributed by atoms with van der Waals surface area (Å²) in [5.74, 6) is -1.61. The molecular formula is C30H36N2O10. The second-order valence-corrected chi connectivity index (χ2v) is 10.1. The van der Waals surface area contributed by atoms with Crippen LogP contribution in [0.5, 0.6) is 0 Å². The van der Waals surface area contributed by atoms with Gasteiger partial charge in [-0.05, 0) is 29.2 Å². The van der Waals surface area contributed by atoms with Gasteiger partial charge in [0.05, 0.1) is 12.7 Å². The Labute approximate surface area is 243 Å². The molecule has 4 rings (SSSR count). The first-order valence-corrected chi connectivity index (χ1v) is 13.6. The van der Waals surface area contributed by atoms with Crippen molar-refractivity contribution < 1.29 is 48.7 Å². The number of hydrogen-bond acceptors (Lipinski definition) is 10. The second kappa shape index (κ2) is 13.9. The quantitative estimate of drug-likeness (QED) is 0.189. The van der Waals surface area contributed by atoms with Gasteiger partial charge in [0, 0.05) is 12.8 Å². The molecule has 0 radical (unpaired) electrons. The number of carbonyl (C=O) groups is 3. The van der Waals surface area contributed by atoms with Gasteiger partial charge in [0.2, 0.25) is 5.91 Å². The smallest absolute Gasteiger partial charge is 0.407 e. The summed E-state index contributed by atoms with van der Waals surface area (Å²) >= 11 is 0. The molecule has 7 atom stereocenters. The third-order valence-corrected chi connectivity index (χ3v) is 7.28. The van der Waals surface area contributed by atoms with Gasteiger partial charge in [-0.2, -0.15) is 0 Å². The molecule has 2 amide bonds. The van der Waals surface area contributed by atoms with E-state index in [4.69, 9.17) is 18.9 Å². The molecule has 1 fully saturated rings. The van der Waals surface area contributed by atoms with Gasteiger partial charge in [0.25, 0.3) is 0 Å². The summed E-state index contributed by atoms with van der Waals surface area (Å²) in [4.78, 5) is 37.7. The number of alkyl carbamates (subject to hydrolysis) is 1. The van der Waals surface area contributed by atoms with Gasteiger partial charge in [-0.25, -0.2) is 9.59 Å². The molecular weight excluding hydrogens is 548 g/mol. The number of amides is 2. The summed E-state index contributed by atoms with van der Waals surface area (Å²) in [6.07, 6.45) is -6.41. The molecule has 1 saturated heterocycles. The maximum Gasteiger partial charge on any atom is 0.407 e. The summed E-state index contributed by atoms with van der Waals surface area (Å²) in [5.41, 5.74) is 4.15. The third-order valence-electron chi connectivity index (χ3n) is 7.28. The van der Waals surface area contributed by atoms with Gasteiger partial charge in [0.1, 0.15) is 37.6 Å². The van der Waals surface area contributed by atoms with E-state index in [1.807, 2.05) is 48.5 Å². The fourth-order valence-corrected chi connectivity index (χ4v) is 5.24. The van der Waals surface area contributed by atoms with Crippen LogP contribution in [-0.4, -0.2) is 95.9 Å². The summed E-state index contributed by atoms with van der Waals surface area (Å²) in [5, 5.41) is 35.4. The van der Waals surface area contributed by atoms with Crippen LogP contribution in [0.4, 0.5) is 4.79 Å². The van der Waals surface area contributed by atoms with Gasteiger partial charge < -0.3 is 44.9 Å². The fraction of sp³-hybridized carbons (Fsp3) is 0.433. The maximum atomic E-state index is 13.0. The summed E-state index contributed by atoms with van der Waals surface area (Å²) in [6, 6.07) is 13.1. The van der Waals surface area contributed by atoms with Crippen molar-refractivity contribution in [3.8, 4) is 11.1 Å². The molecule has 226 valence electrons. The second-order valence-electron chi connectivity index (χ2n) is 10.1. The average Bonchev–Trinajstić information content (AvgIpc) is 3.30. The topological polar surface area (TPSA) is 173 Å². The van der Waals surface area contributed by atoms with Crippen LogP contribution in [0.25, 0.3) is 11.1 Å². The summed E-state index contributed by atoms with van der Waals surface area (Å²) in [7, 11) is 0. The fourth-order valence-electron chi connectivity index (χ4n) is 5.24. The number of aliphatic hydroxyl groups excluding tert-OH is 3. The van der Waals surface area contributed by atoms with Crippen LogP contribution < -0.4 is 10.6 Å². The Kier molecular flexibility index (Phi) is 10.3. The Bertz CT molecular complexity index is 1240. The first-order chi connectivity index (χ1) is 20.2. The number of carbonyl (C=O) groups excluding carboxylic acids is 3. The zero-order chi connectivity index (χ0) is 30.4. The molecule has 2 aliphatic rings. The van der Waals surface area contributed by atoms with E-state index < -0.39 is 67.4 Å². The van der Waals surface area contributed by atoms with E-state index >= 15 is 0 Å². The third kappa shape index (κ3) is 6.80. The highest BCUT2D eigenvalue weighted by Crippen LogP contribution is 2.44. The van der Waals surface area contributed by atoms with E-state index in [1.165, 1.54) is 19.9 Å². The number of hydrogen-bond donors (Lipinski definition) is 5. The highest BCUT2D eigenvalue weighted by atomic mass is 16.7. The minimum absolute atomic E-state index is 0.00211. The van der Waals surface area contributed by atoms with Crippen molar-refractivity contribution in [2.24, 2.45) is 0 Å². The van der Waals surface area contributed by atoms with Crippen molar-refractivity contribution in [3.63, 3.8) is 0 Å². The lowest BCUT2D eigenvalue weighted by Gasteiger charge is -2.43. The Morgan fingerprint density at radius 2 is 1.64 bits per heavy atom. The molecule has 12 nitrogen and oxygen atoms in total. The SMILES string of the molecule is C=CCOC(=O)[C@@H](NC(=O)OCC1c2ccccc2-c2ccccc21)[C@@H](C)O[C@H]1OC(CO)[C@H](O)[C@H](O)[C@H]1NC(C)=O. The lowest BCUT2D eigenvalue weighted by Crippen LogP contribution is -2.65. The van der Waals surface area contributed by atoms with Crippen LogP contribution in [0.3, 0.4) is 0 Å². The zero-order valence-electron chi connectivity index (χ0n) is 23.3. The minimum atomic E-state index is -1.56. The number of ether oxygens (including phenoxy) is 4. The number of fused-ring (bicyclic) bond motifs is 3. The molecule has 1 heterocycles. The van der Waals surface area contributed by atoms with E-state index in [2.05, 4.69) is 17.2 Å². The molecule has 2 aromatic rings. The van der Waals surface area contributed by atoms with Crippen LogP contribution in [0.1, 0.15) is 30.9 Å². The molecule has 2 aromatic carbocycles. The molecule has 0 saturated carbocycles. The van der Waals surface area contributed by atoms with Crippen molar-refractivity contribution >= 4 is 18.0 Å². The van der Waals surface area contributed by atoms with Crippen molar-refractivity contribution in [3.05, 3.63) is 72.3 Å². The monoisotopic (exact) mass is 584 g/mol. The zero-order valence-corrected chi connectivity index (χ0v) is 23.3. The Hall–Kier alpha value is -3.81. The van der Waals surface area contributed by atoms with Crippen molar-refractivity contribution in [2.45, 2.75) is 62.6 Å². The number of esters is 1. The predicted molar refractivity (Wildman–Crippen MR) is 149 cm³/mol. The van der Waals surface area contributed by atoms with Crippen LogP contribution in [-0.2, 0) is 28.5 Å². The van der Waals surface area contributed by atoms with Gasteiger partial charge in [0.15, 0.2) is 12.3 Å². The molecule has 1 aliphatic heterocycles. The van der Waals surface area contributed by atoms with E-state index in [-0.39, 0.29) is 19.1 Å². The average molecular weight is 585 g/mol. The van der Waals surface area contributed by atoms with Gasteiger partial charge in [-0.1, -0.05) is 61.2 Å². The molecule has 1 unspecified atom stereocenters. The normalized spacial score (nSPS) is 24.5. The largest absolute Gasteiger partial charge is 0.460 e. The predicted octanol–water partition coefficient (Wildman–Crippen LogP) is 0.972. The van der Waals surface area contributed by atoms with Crippen molar-refractivity contribution in [1.29, 1.82) is 0 Å². The highest BCUT2D eigenvalue weighted by Gasteiger charge is 2.47. The summed E-state index contributed by atoms with van der Waals surface area (Å²) < 4.78 is 22.2. The molecule has 0 aromatic heterocycles. The lowest BCUT2D eigenvalue weighted by atomic mass is 9.96. The standard InChI is InChI=1S/C30H36N2O10/c1-4-13-39-28(37)24(16(2)41-29-25(31-17(3)34)27(36)26(35)23(14-33)42-29)32-30(38)40-15-22-20-11-7-5-9-18(20)19-10-6-8-12-21(19)22/h4-12,16,22-27,29,33,35-36H,1,13-15H2,2-3H3,(H,31,34)(H,32,38)/t16-,23?,24+,25-,26+,27-,29+/m1/s1. The molecule has 0 bridgehead atoms. The number of nitrogens with one attached hydrogen (secondary N) is 2. The number of rotatable bonds is 11. The van der Waals surface area contributed by atoms with Crippen LogP contribution in [0, 0.1) is 0 Å². The number of benzene rings is 2. The van der Waals surface area contributed by atoms with Gasteiger partial charge in [-0.15, -0.1) is 0 Å². The van der Waals surface area contributed by atoms with Gasteiger partial charge >= 0.3 is 12.1 Å². The number of aliphatic hydroxyl groups is 3. The Balaban J connectivity index is 1.47. The van der Waals surface area contributed by atoms with E-state index in [9.17, 15) is 29.7 Å². The van der Waals surface area contributed by atoms with Crippen LogP contribution in [0.15, 0.2) is 61.2 Å².